The first kappa shape index (κ1) is 9.63. The van der Waals surface area contributed by atoms with Crippen molar-refractivity contribution in [1.82, 2.24) is 5.32 Å². The summed E-state index contributed by atoms with van der Waals surface area (Å²) in [6, 6.07) is 0. The van der Waals surface area contributed by atoms with Gasteiger partial charge in [0.1, 0.15) is 0 Å². The van der Waals surface area contributed by atoms with Crippen molar-refractivity contribution in [3.63, 3.8) is 0 Å². The van der Waals surface area contributed by atoms with Crippen LogP contribution in [0.5, 0.6) is 0 Å². The quantitative estimate of drug-likeness (QED) is 0.666. The highest BCUT2D eigenvalue weighted by Crippen LogP contribution is 2.29. The molecule has 1 N–H and O–H groups in total. The zero-order chi connectivity index (χ0) is 9.14. The summed E-state index contributed by atoms with van der Waals surface area (Å²) in [6.45, 7) is 10.4. The maximum atomic E-state index is 3.32. The van der Waals surface area contributed by atoms with E-state index in [1.807, 2.05) is 0 Å². The Bertz CT molecular complexity index is 158. The van der Waals surface area contributed by atoms with E-state index in [1.165, 1.54) is 0 Å². The van der Waals surface area contributed by atoms with Crippen molar-refractivity contribution in [2.45, 2.75) is 27.7 Å². The lowest BCUT2D eigenvalue weighted by molar-refractivity contribution is 0.229. The normalized spacial score (nSPS) is 29.5. The van der Waals surface area contributed by atoms with E-state index in [0.717, 1.165) is 30.2 Å². The second-order valence-electron chi connectivity index (χ2n) is 4.50. The van der Waals surface area contributed by atoms with Crippen LogP contribution in [0, 0.1) is 23.7 Å². The van der Waals surface area contributed by atoms with Gasteiger partial charge in [0.25, 0.3) is 0 Å². The van der Waals surface area contributed by atoms with Crippen LogP contribution in [-0.2, 0) is 0 Å². The first-order chi connectivity index (χ1) is 5.63. The van der Waals surface area contributed by atoms with E-state index in [1.54, 1.807) is 0 Å². The molecule has 1 aliphatic rings. The first-order valence-electron chi connectivity index (χ1n) is 5.03. The highest BCUT2D eigenvalue weighted by molar-refractivity contribution is 4.98. The van der Waals surface area contributed by atoms with Crippen molar-refractivity contribution in [2.75, 3.05) is 6.54 Å². The van der Waals surface area contributed by atoms with E-state index >= 15 is 0 Å². The van der Waals surface area contributed by atoms with Gasteiger partial charge in [-0.3, -0.25) is 0 Å². The number of rotatable bonds is 2. The summed E-state index contributed by atoms with van der Waals surface area (Å²) in [5.74, 6) is 3.15. The topological polar surface area (TPSA) is 12.0 Å². The molecule has 0 amide bonds. The van der Waals surface area contributed by atoms with Crippen LogP contribution in [0.25, 0.3) is 0 Å². The van der Waals surface area contributed by atoms with Crippen LogP contribution in [0.3, 0.4) is 0 Å². The fraction of sp³-hybridized carbons (Fsp3) is 0.818. The van der Waals surface area contributed by atoms with E-state index in [9.17, 15) is 0 Å². The maximum absolute atomic E-state index is 3.32. The van der Waals surface area contributed by atoms with Gasteiger partial charge in [-0.05, 0) is 29.9 Å². The second kappa shape index (κ2) is 3.97. The van der Waals surface area contributed by atoms with Crippen molar-refractivity contribution in [1.29, 1.82) is 0 Å². The standard InChI is InChI=1S/C11H21N/c1-8(2)10-5-6-12-7-11(10)9(3)4/h5-6,8-12H,7H2,1-4H3. The molecule has 2 atom stereocenters. The van der Waals surface area contributed by atoms with E-state index in [4.69, 9.17) is 0 Å². The molecule has 0 saturated heterocycles. The SMILES string of the molecule is CC(C)C1C=CNCC1C(C)C. The lowest BCUT2D eigenvalue weighted by atomic mass is 9.76. The Balaban J connectivity index is 2.65. The van der Waals surface area contributed by atoms with Gasteiger partial charge in [-0.2, -0.15) is 0 Å². The molecule has 0 bridgehead atoms. The average Bonchev–Trinajstić information content (AvgIpc) is 2.04. The summed E-state index contributed by atoms with van der Waals surface area (Å²) in [5.41, 5.74) is 0. The van der Waals surface area contributed by atoms with Gasteiger partial charge in [-0.25, -0.2) is 0 Å². The third-order valence-electron chi connectivity index (χ3n) is 2.91. The monoisotopic (exact) mass is 167 g/mol. The lowest BCUT2D eigenvalue weighted by Crippen LogP contribution is -2.34. The Kier molecular flexibility index (Phi) is 3.19. The zero-order valence-electron chi connectivity index (χ0n) is 8.67. The summed E-state index contributed by atoms with van der Waals surface area (Å²) in [7, 11) is 0. The lowest BCUT2D eigenvalue weighted by Gasteiger charge is -2.33. The first-order valence-corrected chi connectivity index (χ1v) is 5.03. The highest BCUT2D eigenvalue weighted by atomic mass is 14.8. The minimum atomic E-state index is 0.770. The molecular weight excluding hydrogens is 146 g/mol. The third-order valence-corrected chi connectivity index (χ3v) is 2.91. The van der Waals surface area contributed by atoms with Crippen molar-refractivity contribution < 1.29 is 0 Å². The van der Waals surface area contributed by atoms with Crippen LogP contribution in [0.1, 0.15) is 27.7 Å². The number of nitrogens with one attached hydrogen (secondary N) is 1. The molecular formula is C11H21N. The van der Waals surface area contributed by atoms with E-state index in [-0.39, 0.29) is 0 Å². The van der Waals surface area contributed by atoms with Gasteiger partial charge in [0.15, 0.2) is 0 Å². The van der Waals surface area contributed by atoms with Gasteiger partial charge < -0.3 is 5.32 Å². The Morgan fingerprint density at radius 1 is 1.17 bits per heavy atom. The molecule has 1 heterocycles. The van der Waals surface area contributed by atoms with Crippen molar-refractivity contribution in [3.05, 3.63) is 12.3 Å². The largest absolute Gasteiger partial charge is 0.391 e. The minimum absolute atomic E-state index is 0.770. The van der Waals surface area contributed by atoms with Crippen LogP contribution in [0.15, 0.2) is 12.3 Å². The highest BCUT2D eigenvalue weighted by Gasteiger charge is 2.26. The molecule has 0 saturated carbocycles. The smallest absolute Gasteiger partial charge is 0.0177 e. The molecule has 0 aromatic carbocycles. The molecule has 12 heavy (non-hydrogen) atoms. The van der Waals surface area contributed by atoms with Crippen LogP contribution in [0.2, 0.25) is 0 Å². The number of hydrogen-bond donors (Lipinski definition) is 1. The summed E-state index contributed by atoms with van der Waals surface area (Å²) < 4.78 is 0. The molecule has 0 radical (unpaired) electrons. The van der Waals surface area contributed by atoms with Crippen molar-refractivity contribution >= 4 is 0 Å². The Labute approximate surface area is 76.2 Å². The Morgan fingerprint density at radius 2 is 1.83 bits per heavy atom. The minimum Gasteiger partial charge on any atom is -0.391 e. The molecule has 1 nitrogen and oxygen atoms in total. The summed E-state index contributed by atoms with van der Waals surface area (Å²) in [4.78, 5) is 0. The molecule has 0 aromatic heterocycles. The summed E-state index contributed by atoms with van der Waals surface area (Å²) in [6.07, 6.45) is 4.45. The molecule has 70 valence electrons. The second-order valence-corrected chi connectivity index (χ2v) is 4.50. The van der Waals surface area contributed by atoms with Gasteiger partial charge in [-0.1, -0.05) is 33.8 Å². The summed E-state index contributed by atoms with van der Waals surface area (Å²) in [5, 5.41) is 3.32. The van der Waals surface area contributed by atoms with Gasteiger partial charge in [0, 0.05) is 6.54 Å². The van der Waals surface area contributed by atoms with Crippen molar-refractivity contribution in [2.24, 2.45) is 23.7 Å². The van der Waals surface area contributed by atoms with E-state index in [0.29, 0.717) is 0 Å². The molecule has 0 aromatic rings. The third kappa shape index (κ3) is 2.02. The van der Waals surface area contributed by atoms with Crippen LogP contribution >= 0.6 is 0 Å². The molecule has 0 aliphatic carbocycles. The molecule has 0 spiro atoms. The fourth-order valence-electron chi connectivity index (χ4n) is 2.06. The molecule has 1 aliphatic heterocycles. The predicted octanol–water partition coefficient (Wildman–Crippen LogP) is 2.65. The molecule has 2 unspecified atom stereocenters. The predicted molar refractivity (Wildman–Crippen MR) is 53.8 cm³/mol. The average molecular weight is 167 g/mol. The van der Waals surface area contributed by atoms with Crippen molar-refractivity contribution in [3.8, 4) is 0 Å². The zero-order valence-corrected chi connectivity index (χ0v) is 8.67. The number of allylic oxidation sites excluding steroid dienone is 1. The van der Waals surface area contributed by atoms with Crippen LogP contribution in [0.4, 0.5) is 0 Å². The van der Waals surface area contributed by atoms with E-state index in [2.05, 4.69) is 45.3 Å². The Morgan fingerprint density at radius 3 is 2.25 bits per heavy atom. The van der Waals surface area contributed by atoms with Gasteiger partial charge >= 0.3 is 0 Å². The van der Waals surface area contributed by atoms with E-state index < -0.39 is 0 Å². The molecule has 0 fully saturated rings. The fourth-order valence-corrected chi connectivity index (χ4v) is 2.06. The van der Waals surface area contributed by atoms with Crippen LogP contribution in [-0.4, -0.2) is 6.54 Å². The molecule has 1 rings (SSSR count). The van der Waals surface area contributed by atoms with Gasteiger partial charge in [0.05, 0.1) is 0 Å². The van der Waals surface area contributed by atoms with Gasteiger partial charge in [0.2, 0.25) is 0 Å². The summed E-state index contributed by atoms with van der Waals surface area (Å²) >= 11 is 0. The Hall–Kier alpha value is -0.460. The maximum Gasteiger partial charge on any atom is 0.0177 e. The van der Waals surface area contributed by atoms with Gasteiger partial charge in [-0.15, -0.1) is 0 Å². The van der Waals surface area contributed by atoms with Crippen LogP contribution < -0.4 is 5.32 Å². The number of hydrogen-bond acceptors (Lipinski definition) is 1. The molecule has 1 heteroatoms.